The Labute approximate surface area is 79.6 Å². The minimum atomic E-state index is -3.33. The van der Waals surface area contributed by atoms with E-state index in [1.54, 1.807) is 0 Å². The molecule has 0 radical (unpaired) electrons. The summed E-state index contributed by atoms with van der Waals surface area (Å²) in [6.07, 6.45) is 0.418. The normalized spacial score (nSPS) is 11.5. The van der Waals surface area contributed by atoms with Crippen molar-refractivity contribution in [3.05, 3.63) is 0 Å². The van der Waals surface area contributed by atoms with Gasteiger partial charge in [-0.3, -0.25) is 4.72 Å². The van der Waals surface area contributed by atoms with Gasteiger partial charge in [-0.05, 0) is 18.2 Å². The summed E-state index contributed by atoms with van der Waals surface area (Å²) in [5.41, 5.74) is 5.18. The fourth-order valence-corrected chi connectivity index (χ4v) is 2.34. The van der Waals surface area contributed by atoms with Crippen LogP contribution in [-0.2, 0) is 10.0 Å². The van der Waals surface area contributed by atoms with Gasteiger partial charge < -0.3 is 5.73 Å². The van der Waals surface area contributed by atoms with Crippen molar-refractivity contribution >= 4 is 26.7 Å². The third-order valence-electron chi connectivity index (χ3n) is 1.16. The molecule has 0 unspecified atom stereocenters. The Bertz CT molecular complexity index is 333. The highest BCUT2D eigenvalue weighted by molar-refractivity contribution is 7.92. The SMILES string of the molecule is NCCCS(=O)(=O)Nc1nnns1. The van der Waals surface area contributed by atoms with Gasteiger partial charge in [-0.1, -0.05) is 9.59 Å². The Morgan fingerprint density at radius 3 is 2.85 bits per heavy atom. The number of sulfonamides is 1. The molecule has 1 rings (SSSR count). The van der Waals surface area contributed by atoms with E-state index in [-0.39, 0.29) is 10.9 Å². The van der Waals surface area contributed by atoms with Gasteiger partial charge in [0.1, 0.15) is 0 Å². The van der Waals surface area contributed by atoms with E-state index in [1.807, 2.05) is 0 Å². The van der Waals surface area contributed by atoms with Crippen molar-refractivity contribution in [2.24, 2.45) is 5.73 Å². The van der Waals surface area contributed by atoms with E-state index < -0.39 is 10.0 Å². The van der Waals surface area contributed by atoms with Crippen LogP contribution in [0.2, 0.25) is 0 Å². The predicted molar refractivity (Wildman–Crippen MR) is 48.8 cm³/mol. The molecule has 9 heteroatoms. The van der Waals surface area contributed by atoms with E-state index in [0.29, 0.717) is 13.0 Å². The highest BCUT2D eigenvalue weighted by atomic mass is 32.2. The van der Waals surface area contributed by atoms with Crippen molar-refractivity contribution in [2.45, 2.75) is 6.42 Å². The van der Waals surface area contributed by atoms with Gasteiger partial charge in [0.25, 0.3) is 0 Å². The minimum Gasteiger partial charge on any atom is -0.330 e. The van der Waals surface area contributed by atoms with Gasteiger partial charge >= 0.3 is 0 Å². The number of aromatic nitrogens is 3. The highest BCUT2D eigenvalue weighted by Gasteiger charge is 2.11. The van der Waals surface area contributed by atoms with Crippen molar-refractivity contribution in [2.75, 3.05) is 17.0 Å². The molecule has 0 saturated heterocycles. The second-order valence-electron chi connectivity index (χ2n) is 2.23. The zero-order valence-electron chi connectivity index (χ0n) is 6.67. The van der Waals surface area contributed by atoms with Gasteiger partial charge in [-0.25, -0.2) is 8.42 Å². The lowest BCUT2D eigenvalue weighted by Crippen LogP contribution is -2.18. The molecule has 0 aliphatic heterocycles. The van der Waals surface area contributed by atoms with Crippen molar-refractivity contribution in [1.82, 2.24) is 14.8 Å². The van der Waals surface area contributed by atoms with E-state index in [2.05, 4.69) is 19.5 Å². The Kier molecular flexibility index (Phi) is 3.51. The number of hydrogen-bond donors (Lipinski definition) is 2. The number of nitrogens with one attached hydrogen (secondary N) is 1. The molecule has 0 saturated carbocycles. The summed E-state index contributed by atoms with van der Waals surface area (Å²) < 4.78 is 28.1. The highest BCUT2D eigenvalue weighted by Crippen LogP contribution is 2.07. The average Bonchev–Trinajstić information content (AvgIpc) is 2.52. The third kappa shape index (κ3) is 3.61. The van der Waals surface area contributed by atoms with Crippen LogP contribution in [0.4, 0.5) is 5.13 Å². The summed E-state index contributed by atoms with van der Waals surface area (Å²) in [5.74, 6) is -0.0108. The Morgan fingerprint density at radius 2 is 2.31 bits per heavy atom. The topological polar surface area (TPSA) is 111 Å². The number of hydrogen-bond acceptors (Lipinski definition) is 7. The molecule has 7 nitrogen and oxygen atoms in total. The fourth-order valence-electron chi connectivity index (χ4n) is 0.631. The van der Waals surface area contributed by atoms with Crippen LogP contribution < -0.4 is 10.5 Å². The molecule has 1 heterocycles. The quantitative estimate of drug-likeness (QED) is 0.664. The molecule has 0 atom stereocenters. The van der Waals surface area contributed by atoms with Crippen molar-refractivity contribution in [3.63, 3.8) is 0 Å². The van der Waals surface area contributed by atoms with Crippen molar-refractivity contribution < 1.29 is 8.42 Å². The van der Waals surface area contributed by atoms with Crippen LogP contribution in [0.15, 0.2) is 0 Å². The number of anilines is 1. The first kappa shape index (κ1) is 10.3. The summed E-state index contributed by atoms with van der Waals surface area (Å²) in [6, 6.07) is 0. The molecule has 0 spiro atoms. The molecule has 0 amide bonds. The summed E-state index contributed by atoms with van der Waals surface area (Å²) in [7, 11) is -3.33. The van der Waals surface area contributed by atoms with Crippen LogP contribution in [0.25, 0.3) is 0 Å². The zero-order valence-corrected chi connectivity index (χ0v) is 8.31. The van der Waals surface area contributed by atoms with Crippen molar-refractivity contribution in [3.8, 4) is 0 Å². The van der Waals surface area contributed by atoms with Crippen molar-refractivity contribution in [1.29, 1.82) is 0 Å². The van der Waals surface area contributed by atoms with Gasteiger partial charge in [0.05, 0.1) is 5.75 Å². The molecule has 3 N–H and O–H groups in total. The fraction of sp³-hybridized carbons (Fsp3) is 0.750. The monoisotopic (exact) mass is 223 g/mol. The predicted octanol–water partition coefficient (Wildman–Crippen LogP) is -0.976. The first-order chi connectivity index (χ1) is 6.14. The Hall–Kier alpha value is -0.800. The third-order valence-corrected chi connectivity index (χ3v) is 3.13. The molecular formula is C4H9N5O2S2. The maximum absolute atomic E-state index is 11.2. The first-order valence-corrected chi connectivity index (χ1v) is 5.92. The zero-order chi connectivity index (χ0) is 9.73. The van der Waals surface area contributed by atoms with Gasteiger partial charge in [0.2, 0.25) is 15.2 Å². The molecule has 1 aromatic rings. The lowest BCUT2D eigenvalue weighted by molar-refractivity contribution is 0.598. The summed E-state index contributed by atoms with van der Waals surface area (Å²) in [6.45, 7) is 0.343. The Morgan fingerprint density at radius 1 is 1.54 bits per heavy atom. The van der Waals surface area contributed by atoms with Gasteiger partial charge in [-0.2, -0.15) is 0 Å². The van der Waals surface area contributed by atoms with E-state index in [1.165, 1.54) is 0 Å². The lowest BCUT2D eigenvalue weighted by atomic mass is 10.5. The molecule has 1 aromatic heterocycles. The number of nitrogens with zero attached hydrogens (tertiary/aromatic N) is 3. The molecule has 74 valence electrons. The van der Waals surface area contributed by atoms with Gasteiger partial charge in [0, 0.05) is 11.5 Å². The van der Waals surface area contributed by atoms with Gasteiger partial charge in [0.15, 0.2) is 0 Å². The molecule has 0 bridgehead atoms. The summed E-state index contributed by atoms with van der Waals surface area (Å²) in [5, 5.41) is 6.88. The van der Waals surface area contributed by atoms with Crippen LogP contribution in [-0.4, -0.2) is 35.5 Å². The maximum Gasteiger partial charge on any atom is 0.238 e. The second kappa shape index (κ2) is 4.44. The standard InChI is InChI=1S/C4H9N5O2S2/c5-2-1-3-13(10,11)7-4-6-8-9-12-4/h1-3,5H2,(H,6,7,9). The minimum absolute atomic E-state index is 0.0108. The second-order valence-corrected chi connectivity index (χ2v) is 4.81. The summed E-state index contributed by atoms with van der Waals surface area (Å²) in [4.78, 5) is 0. The number of rotatable bonds is 5. The lowest BCUT2D eigenvalue weighted by Gasteiger charge is -2.01. The Balaban J connectivity index is 2.53. The van der Waals surface area contributed by atoms with Gasteiger partial charge in [-0.15, -0.1) is 0 Å². The molecule has 0 aliphatic carbocycles. The van der Waals surface area contributed by atoms with Crippen LogP contribution >= 0.6 is 11.5 Å². The van der Waals surface area contributed by atoms with Crippen LogP contribution in [0, 0.1) is 0 Å². The van der Waals surface area contributed by atoms with E-state index >= 15 is 0 Å². The molecule has 0 aromatic carbocycles. The smallest absolute Gasteiger partial charge is 0.238 e. The number of nitrogens with two attached hydrogens (primary N) is 1. The van der Waals surface area contributed by atoms with Crippen LogP contribution in [0.5, 0.6) is 0 Å². The van der Waals surface area contributed by atoms with E-state index in [4.69, 9.17) is 5.73 Å². The largest absolute Gasteiger partial charge is 0.330 e. The molecule has 13 heavy (non-hydrogen) atoms. The maximum atomic E-state index is 11.2. The first-order valence-electron chi connectivity index (χ1n) is 3.49. The van der Waals surface area contributed by atoms with E-state index in [9.17, 15) is 8.42 Å². The average molecular weight is 223 g/mol. The van der Waals surface area contributed by atoms with Crippen LogP contribution in [0.3, 0.4) is 0 Å². The molecule has 0 fully saturated rings. The van der Waals surface area contributed by atoms with Crippen LogP contribution in [0.1, 0.15) is 6.42 Å². The summed E-state index contributed by atoms with van der Waals surface area (Å²) >= 11 is 0.889. The van der Waals surface area contributed by atoms with E-state index in [0.717, 1.165) is 11.5 Å². The molecule has 0 aliphatic rings. The molecular weight excluding hydrogens is 214 g/mol.